The summed E-state index contributed by atoms with van der Waals surface area (Å²) < 4.78 is 5.58. The molecular weight excluding hydrogens is 282 g/mol. The molecule has 0 spiro atoms. The van der Waals surface area contributed by atoms with Gasteiger partial charge in [-0.15, -0.1) is 0 Å². The molecule has 0 heterocycles. The average molecular weight is 296 g/mol. The van der Waals surface area contributed by atoms with Crippen LogP contribution in [-0.4, -0.2) is 24.1 Å². The fourth-order valence-corrected chi connectivity index (χ4v) is 2.29. The number of likely N-dealkylation sites (N-methyl/N-ethyl adjacent to an activating group) is 1. The van der Waals surface area contributed by atoms with Gasteiger partial charge < -0.3 is 4.74 Å². The number of nitrogens with one attached hydrogen (secondary N) is 1. The number of non-ortho nitro benzene ring substituents is 1. The number of halogens is 1. The summed E-state index contributed by atoms with van der Waals surface area (Å²) in [6.07, 6.45) is 1.98. The van der Waals surface area contributed by atoms with Crippen molar-refractivity contribution in [1.82, 2.24) is 5.32 Å². The van der Waals surface area contributed by atoms with Gasteiger partial charge in [-0.3, -0.25) is 15.4 Å². The minimum atomic E-state index is -0.731. The lowest BCUT2D eigenvalue weighted by Gasteiger charge is -2.26. The Hall–Kier alpha value is -1.84. The number of nitro benzene ring substituents is 1. The molecule has 6 nitrogen and oxygen atoms in total. The number of nitro groups is 1. The lowest BCUT2D eigenvalue weighted by atomic mass is 9.96. The summed E-state index contributed by atoms with van der Waals surface area (Å²) in [5.74, 6) is 0.613. The van der Waals surface area contributed by atoms with Crippen molar-refractivity contribution in [2.75, 3.05) is 13.7 Å². The first-order chi connectivity index (χ1) is 9.52. The first kappa shape index (κ1) is 14.6. The van der Waals surface area contributed by atoms with Gasteiger partial charge in [0, 0.05) is 12.1 Å². The number of nitrogens with zero attached hydrogens (tertiary/aromatic N) is 2. The van der Waals surface area contributed by atoms with Gasteiger partial charge in [0.25, 0.3) is 5.69 Å². The fourth-order valence-electron chi connectivity index (χ4n) is 2.06. The van der Waals surface area contributed by atoms with Gasteiger partial charge >= 0.3 is 0 Å². The SMILES string of the molecule is CNC(C#N)(COc1ccc([N+](=O)[O-])cc1Cl)C1CC1. The molecule has 20 heavy (non-hydrogen) atoms. The van der Waals surface area contributed by atoms with Crippen LogP contribution in [0.2, 0.25) is 5.02 Å². The first-order valence-corrected chi connectivity index (χ1v) is 6.57. The van der Waals surface area contributed by atoms with Crippen molar-refractivity contribution in [3.05, 3.63) is 33.3 Å². The number of ether oxygens (including phenoxy) is 1. The Morgan fingerprint density at radius 2 is 2.35 bits per heavy atom. The van der Waals surface area contributed by atoms with Gasteiger partial charge in [0.1, 0.15) is 17.9 Å². The predicted octanol–water partition coefficient (Wildman–Crippen LogP) is 2.52. The second-order valence-corrected chi connectivity index (χ2v) is 5.18. The van der Waals surface area contributed by atoms with E-state index in [9.17, 15) is 15.4 Å². The molecule has 0 bridgehead atoms. The number of rotatable bonds is 6. The van der Waals surface area contributed by atoms with E-state index in [0.29, 0.717) is 5.75 Å². The first-order valence-electron chi connectivity index (χ1n) is 6.19. The Morgan fingerprint density at radius 1 is 1.65 bits per heavy atom. The Morgan fingerprint density at radius 3 is 2.80 bits per heavy atom. The molecule has 1 aliphatic carbocycles. The smallest absolute Gasteiger partial charge is 0.271 e. The van der Waals surface area contributed by atoms with Gasteiger partial charge in [0.05, 0.1) is 16.0 Å². The Balaban J connectivity index is 2.11. The Bertz CT molecular complexity index is 568. The third kappa shape index (κ3) is 2.84. The van der Waals surface area contributed by atoms with Crippen LogP contribution in [0, 0.1) is 27.4 Å². The molecule has 0 radical (unpaired) electrons. The highest BCUT2D eigenvalue weighted by molar-refractivity contribution is 6.32. The highest BCUT2D eigenvalue weighted by Gasteiger charge is 2.45. The molecule has 1 saturated carbocycles. The minimum Gasteiger partial charge on any atom is -0.489 e. The van der Waals surface area contributed by atoms with Gasteiger partial charge in [-0.05, 0) is 31.9 Å². The molecule has 1 atom stereocenters. The fraction of sp³-hybridized carbons (Fsp3) is 0.462. The van der Waals surface area contributed by atoms with Crippen molar-refractivity contribution in [3.8, 4) is 11.8 Å². The van der Waals surface area contributed by atoms with Gasteiger partial charge in [-0.1, -0.05) is 11.6 Å². The van der Waals surface area contributed by atoms with Gasteiger partial charge in [-0.25, -0.2) is 0 Å². The molecule has 1 N–H and O–H groups in total. The van der Waals surface area contributed by atoms with Crippen molar-refractivity contribution < 1.29 is 9.66 Å². The third-order valence-corrected chi connectivity index (χ3v) is 3.80. The quantitative estimate of drug-likeness (QED) is 0.643. The molecule has 1 fully saturated rings. The zero-order valence-electron chi connectivity index (χ0n) is 10.9. The lowest BCUT2D eigenvalue weighted by molar-refractivity contribution is -0.384. The van der Waals surface area contributed by atoms with E-state index >= 15 is 0 Å². The Labute approximate surface area is 121 Å². The monoisotopic (exact) mass is 295 g/mol. The van der Waals surface area contributed by atoms with Crippen LogP contribution in [-0.2, 0) is 0 Å². The molecule has 1 aliphatic rings. The lowest BCUT2D eigenvalue weighted by Crippen LogP contribution is -2.49. The zero-order chi connectivity index (χ0) is 14.8. The van der Waals surface area contributed by atoms with E-state index in [1.165, 1.54) is 18.2 Å². The van der Waals surface area contributed by atoms with Crippen LogP contribution < -0.4 is 10.1 Å². The molecule has 0 aromatic heterocycles. The van der Waals surface area contributed by atoms with Gasteiger partial charge in [0.2, 0.25) is 0 Å². The van der Waals surface area contributed by atoms with E-state index in [0.717, 1.165) is 12.8 Å². The number of hydrogen-bond acceptors (Lipinski definition) is 5. The van der Waals surface area contributed by atoms with Gasteiger partial charge in [0.15, 0.2) is 0 Å². The summed E-state index contributed by atoms with van der Waals surface area (Å²) in [6, 6.07) is 6.27. The topological polar surface area (TPSA) is 88.2 Å². The maximum atomic E-state index is 10.6. The third-order valence-electron chi connectivity index (χ3n) is 3.50. The van der Waals surface area contributed by atoms with Crippen molar-refractivity contribution >= 4 is 17.3 Å². The molecule has 1 aromatic carbocycles. The minimum absolute atomic E-state index is 0.0929. The van der Waals surface area contributed by atoms with Crippen LogP contribution in [0.25, 0.3) is 0 Å². The number of benzene rings is 1. The van der Waals surface area contributed by atoms with Gasteiger partial charge in [-0.2, -0.15) is 5.26 Å². The van der Waals surface area contributed by atoms with E-state index in [4.69, 9.17) is 16.3 Å². The molecule has 7 heteroatoms. The summed E-state index contributed by atoms with van der Waals surface area (Å²) in [6.45, 7) is 0.155. The van der Waals surface area contributed by atoms with E-state index in [1.807, 2.05) is 0 Å². The van der Waals surface area contributed by atoms with Crippen LogP contribution in [0.5, 0.6) is 5.75 Å². The summed E-state index contributed by atoms with van der Waals surface area (Å²) in [7, 11) is 1.72. The molecule has 0 aliphatic heterocycles. The van der Waals surface area contributed by atoms with Crippen LogP contribution in [0.3, 0.4) is 0 Å². The van der Waals surface area contributed by atoms with Crippen LogP contribution >= 0.6 is 11.6 Å². The maximum Gasteiger partial charge on any atom is 0.271 e. The van der Waals surface area contributed by atoms with Crippen molar-refractivity contribution in [3.63, 3.8) is 0 Å². The number of nitriles is 1. The normalized spacial score (nSPS) is 17.1. The molecule has 0 amide bonds. The largest absolute Gasteiger partial charge is 0.489 e. The van der Waals surface area contributed by atoms with E-state index in [1.54, 1.807) is 7.05 Å². The number of hydrogen-bond donors (Lipinski definition) is 1. The molecule has 106 valence electrons. The van der Waals surface area contributed by atoms with Crippen molar-refractivity contribution in [2.24, 2.45) is 5.92 Å². The van der Waals surface area contributed by atoms with E-state index in [-0.39, 0.29) is 23.2 Å². The highest BCUT2D eigenvalue weighted by atomic mass is 35.5. The van der Waals surface area contributed by atoms with E-state index in [2.05, 4.69) is 11.4 Å². The van der Waals surface area contributed by atoms with Crippen LogP contribution in [0.1, 0.15) is 12.8 Å². The predicted molar refractivity (Wildman–Crippen MR) is 73.7 cm³/mol. The molecule has 1 unspecified atom stereocenters. The zero-order valence-corrected chi connectivity index (χ0v) is 11.7. The van der Waals surface area contributed by atoms with E-state index < -0.39 is 10.5 Å². The standard InChI is InChI=1S/C13H14ClN3O3/c1-16-13(7-15,9-2-3-9)8-20-12-5-4-10(17(18)19)6-11(12)14/h4-6,9,16H,2-3,8H2,1H3. The summed E-state index contributed by atoms with van der Waals surface area (Å²) in [4.78, 5) is 10.1. The summed E-state index contributed by atoms with van der Waals surface area (Å²) in [5.41, 5.74) is -0.824. The van der Waals surface area contributed by atoms with Crippen molar-refractivity contribution in [2.45, 2.75) is 18.4 Å². The van der Waals surface area contributed by atoms with Crippen LogP contribution in [0.15, 0.2) is 18.2 Å². The van der Waals surface area contributed by atoms with Crippen molar-refractivity contribution in [1.29, 1.82) is 5.26 Å². The molecule has 2 rings (SSSR count). The highest BCUT2D eigenvalue weighted by Crippen LogP contribution is 2.40. The summed E-state index contributed by atoms with van der Waals surface area (Å²) in [5, 5.41) is 23.1. The second kappa shape index (κ2) is 5.65. The summed E-state index contributed by atoms with van der Waals surface area (Å²) >= 11 is 5.95. The Kier molecular flexibility index (Phi) is 4.12. The second-order valence-electron chi connectivity index (χ2n) is 4.77. The average Bonchev–Trinajstić information content (AvgIpc) is 3.26. The maximum absolute atomic E-state index is 10.6. The van der Waals surface area contributed by atoms with Crippen LogP contribution in [0.4, 0.5) is 5.69 Å². The molecule has 1 aromatic rings. The molecule has 0 saturated heterocycles. The molecular formula is C13H14ClN3O3.